The number of benzene rings is 5. The molecule has 0 saturated carbocycles. The van der Waals surface area contributed by atoms with Crippen molar-refractivity contribution in [2.24, 2.45) is 0 Å². The normalized spacial score (nSPS) is 14.4. The van der Waals surface area contributed by atoms with E-state index in [1.807, 2.05) is 0 Å². The molecule has 1 aliphatic rings. The Morgan fingerprint density at radius 1 is 0.837 bits per heavy atom. The Bertz CT molecular complexity index is 2060. The van der Waals surface area contributed by atoms with Crippen LogP contribution in [0.2, 0.25) is 5.02 Å². The molecular formula is C38H27ClFN3O5S. The SMILES string of the molecule is O=C(Nc1cccc(S[C@@H]2CC(=O)N(c3ccc(Oc4ccc(Cl)cc4)cc3)C2=O)c1)/C(=C/c1cccc(F)c1)NC(=O)c1ccccc1. The van der Waals surface area contributed by atoms with Crippen LogP contribution in [0.15, 0.2) is 138 Å². The summed E-state index contributed by atoms with van der Waals surface area (Å²) in [7, 11) is 0. The second kappa shape index (κ2) is 15.0. The average Bonchev–Trinajstić information content (AvgIpc) is 3.37. The Morgan fingerprint density at radius 3 is 2.24 bits per heavy atom. The van der Waals surface area contributed by atoms with Gasteiger partial charge in [-0.1, -0.05) is 48.0 Å². The van der Waals surface area contributed by atoms with Crippen molar-refractivity contribution in [3.05, 3.63) is 155 Å². The van der Waals surface area contributed by atoms with Crippen molar-refractivity contribution in [3.63, 3.8) is 0 Å². The summed E-state index contributed by atoms with van der Waals surface area (Å²) >= 11 is 7.14. The molecule has 8 nitrogen and oxygen atoms in total. The highest BCUT2D eigenvalue weighted by Gasteiger charge is 2.40. The number of thioether (sulfide) groups is 1. The van der Waals surface area contributed by atoms with Gasteiger partial charge in [0.25, 0.3) is 11.8 Å². The third-order valence-electron chi connectivity index (χ3n) is 7.31. The first-order chi connectivity index (χ1) is 23.7. The predicted molar refractivity (Wildman–Crippen MR) is 188 cm³/mol. The highest BCUT2D eigenvalue weighted by atomic mass is 35.5. The number of halogens is 2. The summed E-state index contributed by atoms with van der Waals surface area (Å²) in [6.07, 6.45) is 1.38. The maximum atomic E-state index is 13.9. The molecule has 0 radical (unpaired) electrons. The van der Waals surface area contributed by atoms with Crippen LogP contribution in [0.1, 0.15) is 22.3 Å². The second-order valence-corrected chi connectivity index (χ2v) is 12.6. The number of ether oxygens (including phenoxy) is 1. The zero-order valence-corrected chi connectivity index (χ0v) is 27.2. The van der Waals surface area contributed by atoms with Crippen molar-refractivity contribution >= 4 is 64.4 Å². The highest BCUT2D eigenvalue weighted by Crippen LogP contribution is 2.36. The number of nitrogens with one attached hydrogen (secondary N) is 2. The molecule has 1 atom stereocenters. The summed E-state index contributed by atoms with van der Waals surface area (Å²) in [6.45, 7) is 0. The molecule has 4 amide bonds. The third kappa shape index (κ3) is 8.42. The van der Waals surface area contributed by atoms with Gasteiger partial charge in [0.2, 0.25) is 11.8 Å². The minimum atomic E-state index is -0.683. The number of anilines is 2. The molecule has 11 heteroatoms. The van der Waals surface area contributed by atoms with Gasteiger partial charge in [-0.05, 0) is 103 Å². The largest absolute Gasteiger partial charge is 0.457 e. The number of hydrogen-bond acceptors (Lipinski definition) is 6. The van der Waals surface area contributed by atoms with E-state index in [9.17, 15) is 23.6 Å². The average molecular weight is 692 g/mol. The predicted octanol–water partition coefficient (Wildman–Crippen LogP) is 8.11. The number of amides is 4. The van der Waals surface area contributed by atoms with Crippen LogP contribution in [0.5, 0.6) is 11.5 Å². The van der Waals surface area contributed by atoms with E-state index in [1.165, 1.54) is 36.0 Å². The Morgan fingerprint density at radius 2 is 1.53 bits per heavy atom. The summed E-state index contributed by atoms with van der Waals surface area (Å²) in [5.41, 5.74) is 1.43. The van der Waals surface area contributed by atoms with E-state index in [2.05, 4.69) is 10.6 Å². The first-order valence-corrected chi connectivity index (χ1v) is 16.3. The number of rotatable bonds is 10. The quantitative estimate of drug-likeness (QED) is 0.113. The third-order valence-corrected chi connectivity index (χ3v) is 8.74. The van der Waals surface area contributed by atoms with Gasteiger partial charge in [0.05, 0.1) is 10.9 Å². The van der Waals surface area contributed by atoms with Crippen molar-refractivity contribution < 1.29 is 28.3 Å². The number of imide groups is 1. The number of hydrogen-bond donors (Lipinski definition) is 2. The summed E-state index contributed by atoms with van der Waals surface area (Å²) < 4.78 is 19.7. The Kier molecular flexibility index (Phi) is 10.2. The number of carbonyl (C=O) groups excluding carboxylic acids is 4. The molecule has 0 spiro atoms. The van der Waals surface area contributed by atoms with Crippen molar-refractivity contribution in [2.75, 3.05) is 10.2 Å². The monoisotopic (exact) mass is 691 g/mol. The summed E-state index contributed by atoms with van der Waals surface area (Å²) in [4.78, 5) is 54.5. The molecule has 244 valence electrons. The maximum Gasteiger partial charge on any atom is 0.272 e. The van der Waals surface area contributed by atoms with Crippen molar-refractivity contribution in [3.8, 4) is 11.5 Å². The zero-order valence-electron chi connectivity index (χ0n) is 25.6. The molecule has 6 rings (SSSR count). The first-order valence-electron chi connectivity index (χ1n) is 15.0. The van der Waals surface area contributed by atoms with Gasteiger partial charge in [-0.2, -0.15) is 0 Å². The van der Waals surface area contributed by atoms with Gasteiger partial charge in [-0.15, -0.1) is 11.8 Å². The number of carbonyl (C=O) groups is 4. The summed E-state index contributed by atoms with van der Waals surface area (Å²) in [5, 5.41) is 5.30. The lowest BCUT2D eigenvalue weighted by atomic mass is 10.1. The molecule has 1 heterocycles. The van der Waals surface area contributed by atoms with Crippen molar-refractivity contribution in [1.29, 1.82) is 0 Å². The fourth-order valence-electron chi connectivity index (χ4n) is 4.98. The Balaban J connectivity index is 1.13. The van der Waals surface area contributed by atoms with Gasteiger partial charge in [0.15, 0.2) is 0 Å². The molecule has 5 aromatic carbocycles. The van der Waals surface area contributed by atoms with Crippen LogP contribution in [0.4, 0.5) is 15.8 Å². The van der Waals surface area contributed by atoms with Gasteiger partial charge >= 0.3 is 0 Å². The van der Waals surface area contributed by atoms with Gasteiger partial charge in [0, 0.05) is 27.6 Å². The highest BCUT2D eigenvalue weighted by molar-refractivity contribution is 8.00. The fourth-order valence-corrected chi connectivity index (χ4v) is 6.22. The van der Waals surface area contributed by atoms with Crippen LogP contribution in [-0.4, -0.2) is 28.9 Å². The molecule has 5 aromatic rings. The Hall–Kier alpha value is -5.71. The first kappa shape index (κ1) is 33.2. The maximum absolute atomic E-state index is 13.9. The van der Waals surface area contributed by atoms with E-state index in [0.717, 1.165) is 4.90 Å². The molecule has 0 bridgehead atoms. The topological polar surface area (TPSA) is 105 Å². The molecule has 0 unspecified atom stereocenters. The van der Waals surface area contributed by atoms with Gasteiger partial charge in [0.1, 0.15) is 23.0 Å². The smallest absolute Gasteiger partial charge is 0.272 e. The molecule has 49 heavy (non-hydrogen) atoms. The van der Waals surface area contributed by atoms with Gasteiger partial charge in [-0.25, -0.2) is 9.29 Å². The van der Waals surface area contributed by atoms with Crippen molar-refractivity contribution in [1.82, 2.24) is 5.32 Å². The van der Waals surface area contributed by atoms with Crippen molar-refractivity contribution in [2.45, 2.75) is 16.6 Å². The molecule has 1 fully saturated rings. The molecule has 1 saturated heterocycles. The van der Waals surface area contributed by atoms with E-state index in [1.54, 1.807) is 109 Å². The lowest BCUT2D eigenvalue weighted by Crippen LogP contribution is -2.31. The molecular weight excluding hydrogens is 665 g/mol. The molecule has 0 aromatic heterocycles. The van der Waals surface area contributed by atoms with Crippen LogP contribution in [0, 0.1) is 5.82 Å². The van der Waals surface area contributed by atoms with E-state index in [-0.39, 0.29) is 23.9 Å². The molecule has 0 aliphatic carbocycles. The van der Waals surface area contributed by atoms with E-state index >= 15 is 0 Å². The molecule has 2 N–H and O–H groups in total. The minimum Gasteiger partial charge on any atom is -0.457 e. The van der Waals surface area contributed by atoms with E-state index in [0.29, 0.717) is 43.9 Å². The fraction of sp³-hybridized carbons (Fsp3) is 0.0526. The second-order valence-electron chi connectivity index (χ2n) is 10.8. The van der Waals surface area contributed by atoms with E-state index in [4.69, 9.17) is 16.3 Å². The van der Waals surface area contributed by atoms with Crippen LogP contribution >= 0.6 is 23.4 Å². The standard InChI is InChI=1S/C38H27ClFN3O5S/c39-26-12-16-30(17-13-26)48-31-18-14-29(15-19-31)43-35(44)23-34(38(43)47)49-32-11-5-10-28(22-32)41-37(46)33(21-24-6-4-9-27(40)20-24)42-36(45)25-7-2-1-3-8-25/h1-22,34H,23H2,(H,41,46)(H,42,45)/b33-21-/t34-/m1/s1. The van der Waals surface area contributed by atoms with Crippen LogP contribution in [0.25, 0.3) is 6.08 Å². The van der Waals surface area contributed by atoms with Gasteiger partial charge in [-0.3, -0.25) is 19.2 Å². The van der Waals surface area contributed by atoms with Crippen LogP contribution in [-0.2, 0) is 14.4 Å². The molecule has 1 aliphatic heterocycles. The van der Waals surface area contributed by atoms with E-state index < -0.39 is 22.9 Å². The summed E-state index contributed by atoms with van der Waals surface area (Å²) in [6, 6.07) is 34.3. The van der Waals surface area contributed by atoms with Gasteiger partial charge < -0.3 is 15.4 Å². The zero-order chi connectivity index (χ0) is 34.3. The number of nitrogens with zero attached hydrogens (tertiary/aromatic N) is 1. The Labute approximate surface area is 290 Å². The minimum absolute atomic E-state index is 0.00481. The lowest BCUT2D eigenvalue weighted by molar-refractivity contribution is -0.121. The lowest BCUT2D eigenvalue weighted by Gasteiger charge is -2.16. The van der Waals surface area contributed by atoms with Crippen LogP contribution in [0.3, 0.4) is 0 Å². The summed E-state index contributed by atoms with van der Waals surface area (Å²) in [5.74, 6) is -1.22. The van der Waals surface area contributed by atoms with Crippen LogP contribution < -0.4 is 20.3 Å².